The zero-order valence-corrected chi connectivity index (χ0v) is 12.6. The van der Waals surface area contributed by atoms with Crippen molar-refractivity contribution in [2.75, 3.05) is 0 Å². The molecule has 1 saturated heterocycles. The van der Waals surface area contributed by atoms with Gasteiger partial charge < -0.3 is 14.9 Å². The highest BCUT2D eigenvalue weighted by Gasteiger charge is 2.57. The number of hydrogen-bond donors (Lipinski definition) is 3. The van der Waals surface area contributed by atoms with Crippen LogP contribution in [0.15, 0.2) is 15.8 Å². The minimum atomic E-state index is -1.92. The van der Waals surface area contributed by atoms with E-state index in [1.165, 1.54) is 6.92 Å². The molecule has 1 aliphatic heterocycles. The van der Waals surface area contributed by atoms with Gasteiger partial charge in [-0.3, -0.25) is 14.3 Å². The molecule has 2 heterocycles. The van der Waals surface area contributed by atoms with E-state index in [0.29, 0.717) is 10.8 Å². The highest BCUT2D eigenvalue weighted by molar-refractivity contribution is 6.32. The zero-order valence-electron chi connectivity index (χ0n) is 11.1. The molecule has 1 aromatic heterocycles. The quantitative estimate of drug-likeness (QED) is 0.491. The third-order valence-corrected chi connectivity index (χ3v) is 3.88. The first-order valence-corrected chi connectivity index (χ1v) is 6.82. The molecule has 120 valence electrons. The third-order valence-electron chi connectivity index (χ3n) is 3.28. The fourth-order valence-corrected chi connectivity index (χ4v) is 2.73. The van der Waals surface area contributed by atoms with Crippen molar-refractivity contribution in [3.8, 4) is 11.3 Å². The lowest BCUT2D eigenvalue weighted by Crippen LogP contribution is -2.45. The Morgan fingerprint density at radius 2 is 2.23 bits per heavy atom. The summed E-state index contributed by atoms with van der Waals surface area (Å²) in [5.74, 6) is 1.03. The Morgan fingerprint density at radius 3 is 2.77 bits per heavy atom. The van der Waals surface area contributed by atoms with E-state index in [1.807, 2.05) is 5.38 Å². The van der Waals surface area contributed by atoms with Crippen LogP contribution >= 0.6 is 23.2 Å². The number of hydrogen-bond acceptors (Lipinski definition) is 5. The predicted octanol–water partition coefficient (Wildman–Crippen LogP) is -0.508. The van der Waals surface area contributed by atoms with Gasteiger partial charge in [-0.05, 0) is 18.5 Å². The van der Waals surface area contributed by atoms with Crippen molar-refractivity contribution in [3.63, 3.8) is 0 Å². The van der Waals surface area contributed by atoms with Crippen molar-refractivity contribution in [2.24, 2.45) is 0 Å². The molecule has 0 radical (unpaired) electrons. The van der Waals surface area contributed by atoms with Crippen LogP contribution in [0.2, 0.25) is 0 Å². The first-order valence-electron chi connectivity index (χ1n) is 6.06. The van der Waals surface area contributed by atoms with E-state index in [-0.39, 0.29) is 0 Å². The first kappa shape index (κ1) is 17.0. The number of aliphatic hydroxyl groups is 2. The molecule has 5 atom stereocenters. The minimum absolute atomic E-state index is 0.579. The van der Waals surface area contributed by atoms with Crippen LogP contribution in [0.4, 0.5) is 4.39 Å². The number of H-pyrrole nitrogens is 1. The van der Waals surface area contributed by atoms with Crippen molar-refractivity contribution in [1.29, 1.82) is 0 Å². The van der Waals surface area contributed by atoms with Gasteiger partial charge >= 0.3 is 5.69 Å². The van der Waals surface area contributed by atoms with Crippen LogP contribution in [0.1, 0.15) is 13.2 Å². The fourth-order valence-electron chi connectivity index (χ4n) is 2.20. The van der Waals surface area contributed by atoms with Crippen LogP contribution in [-0.2, 0) is 4.74 Å². The molecule has 0 amide bonds. The van der Waals surface area contributed by atoms with E-state index in [4.69, 9.17) is 27.9 Å². The monoisotopic (exact) mass is 352 g/mol. The SMILES string of the molecule is C[C@H](O)[C@H]1O[C@@H](n2cc(F)c(=O)[nH]c2=O)C(Cl)(C#CCl)[C@H]1O. The molecule has 0 aliphatic carbocycles. The Labute approximate surface area is 133 Å². The lowest BCUT2D eigenvalue weighted by molar-refractivity contribution is -0.0775. The minimum Gasteiger partial charge on any atom is -0.391 e. The molecular formula is C12H11Cl2FN2O5. The maximum Gasteiger partial charge on any atom is 0.330 e. The lowest BCUT2D eigenvalue weighted by Gasteiger charge is -2.25. The first-order chi connectivity index (χ1) is 10.2. The zero-order chi connectivity index (χ0) is 16.7. The average Bonchev–Trinajstić information content (AvgIpc) is 2.68. The molecule has 1 aliphatic rings. The summed E-state index contributed by atoms with van der Waals surface area (Å²) in [6, 6.07) is 0. The number of alkyl halides is 1. The second-order valence-corrected chi connectivity index (χ2v) is 5.58. The Morgan fingerprint density at radius 1 is 1.59 bits per heavy atom. The molecule has 2 rings (SSSR count). The number of aliphatic hydroxyl groups excluding tert-OH is 2. The maximum absolute atomic E-state index is 13.4. The number of rotatable bonds is 2. The second kappa shape index (κ2) is 6.02. The topological polar surface area (TPSA) is 105 Å². The van der Waals surface area contributed by atoms with Gasteiger partial charge in [-0.2, -0.15) is 4.39 Å². The van der Waals surface area contributed by atoms with Crippen molar-refractivity contribution >= 4 is 23.2 Å². The number of nitrogens with one attached hydrogen (secondary N) is 1. The molecule has 1 unspecified atom stereocenters. The fraction of sp³-hybridized carbons (Fsp3) is 0.500. The van der Waals surface area contributed by atoms with E-state index in [0.717, 1.165) is 0 Å². The second-order valence-electron chi connectivity index (χ2n) is 4.77. The summed E-state index contributed by atoms with van der Waals surface area (Å²) in [6.45, 7) is 1.33. The van der Waals surface area contributed by atoms with E-state index in [9.17, 15) is 24.2 Å². The van der Waals surface area contributed by atoms with Gasteiger partial charge in [-0.15, -0.1) is 0 Å². The van der Waals surface area contributed by atoms with Gasteiger partial charge in [0.1, 0.15) is 12.2 Å². The largest absolute Gasteiger partial charge is 0.391 e. The van der Waals surface area contributed by atoms with Crippen LogP contribution in [0, 0.1) is 17.1 Å². The van der Waals surface area contributed by atoms with Gasteiger partial charge in [0.05, 0.1) is 12.3 Å². The maximum atomic E-state index is 13.4. The van der Waals surface area contributed by atoms with Gasteiger partial charge in [0.15, 0.2) is 11.1 Å². The Bertz CT molecular complexity index is 752. The number of aromatic nitrogens is 2. The van der Waals surface area contributed by atoms with Crippen LogP contribution < -0.4 is 11.2 Å². The molecule has 1 aromatic rings. The number of aromatic amines is 1. The Balaban J connectivity index is 2.61. The van der Waals surface area contributed by atoms with Crippen molar-refractivity contribution in [1.82, 2.24) is 9.55 Å². The highest BCUT2D eigenvalue weighted by Crippen LogP contribution is 2.43. The van der Waals surface area contributed by atoms with Crippen molar-refractivity contribution in [2.45, 2.75) is 36.3 Å². The highest BCUT2D eigenvalue weighted by atomic mass is 35.5. The smallest absolute Gasteiger partial charge is 0.330 e. The average molecular weight is 353 g/mol. The van der Waals surface area contributed by atoms with E-state index in [2.05, 4.69) is 5.92 Å². The van der Waals surface area contributed by atoms with Gasteiger partial charge in [0.25, 0.3) is 5.56 Å². The Kier molecular flexibility index (Phi) is 4.65. The summed E-state index contributed by atoms with van der Waals surface area (Å²) in [5.41, 5.74) is -2.23. The summed E-state index contributed by atoms with van der Waals surface area (Å²) in [6.07, 6.45) is -4.77. The Hall–Kier alpha value is -1.37. The molecule has 0 bridgehead atoms. The molecule has 0 saturated carbocycles. The lowest BCUT2D eigenvalue weighted by atomic mass is 9.97. The molecule has 1 fully saturated rings. The van der Waals surface area contributed by atoms with E-state index < -0.39 is 46.5 Å². The summed E-state index contributed by atoms with van der Waals surface area (Å²) in [4.78, 5) is 22.7. The molecule has 0 aromatic carbocycles. The third kappa shape index (κ3) is 2.66. The standard InChI is InChI=1S/C12H11Cl2FN2O5/c1-5(18)7-8(19)12(14,2-3-13)10(22-7)17-4-6(15)9(20)16-11(17)21/h4-5,7-8,10,18-19H,1H3,(H,16,20,21)/t5-,7+,8-,10+,12?/m0/s1. The van der Waals surface area contributed by atoms with Gasteiger partial charge in [-0.25, -0.2) is 4.79 Å². The molecule has 3 N–H and O–H groups in total. The van der Waals surface area contributed by atoms with Crippen LogP contribution in [0.3, 0.4) is 0 Å². The van der Waals surface area contributed by atoms with E-state index >= 15 is 0 Å². The number of ether oxygens (including phenoxy) is 1. The number of nitrogens with zero attached hydrogens (tertiary/aromatic N) is 1. The van der Waals surface area contributed by atoms with Crippen molar-refractivity contribution in [3.05, 3.63) is 32.9 Å². The van der Waals surface area contributed by atoms with Gasteiger partial charge in [0.2, 0.25) is 5.82 Å². The molecule has 10 heteroatoms. The van der Waals surface area contributed by atoms with E-state index in [1.54, 1.807) is 4.98 Å². The van der Waals surface area contributed by atoms with Gasteiger partial charge in [-0.1, -0.05) is 17.5 Å². The summed E-state index contributed by atoms with van der Waals surface area (Å²) in [7, 11) is 0. The summed E-state index contributed by atoms with van der Waals surface area (Å²) >= 11 is 11.5. The molecule has 0 spiro atoms. The molecule has 22 heavy (non-hydrogen) atoms. The van der Waals surface area contributed by atoms with Crippen molar-refractivity contribution < 1.29 is 19.3 Å². The predicted molar refractivity (Wildman–Crippen MR) is 75.1 cm³/mol. The van der Waals surface area contributed by atoms with Crippen LogP contribution in [0.5, 0.6) is 0 Å². The normalized spacial score (nSPS) is 32.4. The van der Waals surface area contributed by atoms with Gasteiger partial charge in [0, 0.05) is 5.38 Å². The summed E-state index contributed by atoms with van der Waals surface area (Å²) in [5, 5.41) is 21.8. The molecule has 7 nitrogen and oxygen atoms in total. The number of halogens is 3. The molecular weight excluding hydrogens is 342 g/mol. The summed E-state index contributed by atoms with van der Waals surface area (Å²) < 4.78 is 19.4. The van der Waals surface area contributed by atoms with Crippen LogP contribution in [-0.4, -0.2) is 43.0 Å². The van der Waals surface area contributed by atoms with Crippen LogP contribution in [0.25, 0.3) is 0 Å².